The molecule has 0 heterocycles. The molecule has 2 rings (SSSR count). The Morgan fingerprint density at radius 2 is 1.45 bits per heavy atom. The molecule has 0 fully saturated rings. The number of phenols is 1. The van der Waals surface area contributed by atoms with Crippen LogP contribution in [0.1, 0.15) is 23.5 Å². The Hall–Kier alpha value is -1.51. The van der Waals surface area contributed by atoms with Gasteiger partial charge in [-0.15, -0.1) is 0 Å². The Labute approximate surface area is 127 Å². The Balaban J connectivity index is 0.00000200. The van der Waals surface area contributed by atoms with Gasteiger partial charge in [0.1, 0.15) is 5.75 Å². The predicted octanol–water partition coefficient (Wildman–Crippen LogP) is -0.937. The molecule has 0 aliphatic carbocycles. The van der Waals surface area contributed by atoms with Crippen molar-refractivity contribution in [3.63, 3.8) is 0 Å². The van der Waals surface area contributed by atoms with Crippen LogP contribution in [0.25, 0.3) is 0 Å². The molecule has 0 radical (unpaired) electrons. The van der Waals surface area contributed by atoms with E-state index in [4.69, 9.17) is 0 Å². The lowest BCUT2D eigenvalue weighted by Crippen LogP contribution is -3.05. The molecule has 0 saturated carbocycles. The zero-order chi connectivity index (χ0) is 13.7. The standard InChI is InChI=1S/C17H21NO.ClH/c1-18(2)13-12-17(14-6-4-3-5-7-14)15-8-10-16(19)11-9-15;/h3-11,17,19H,12-13H2,1-2H3;1H. The maximum Gasteiger partial charge on any atom is 0.115 e. The summed E-state index contributed by atoms with van der Waals surface area (Å²) in [7, 11) is 4.36. The van der Waals surface area contributed by atoms with Crippen LogP contribution in [0.15, 0.2) is 54.6 Å². The largest absolute Gasteiger partial charge is 1.00 e. The zero-order valence-electron chi connectivity index (χ0n) is 12.0. The average molecular weight is 292 g/mol. The summed E-state index contributed by atoms with van der Waals surface area (Å²) < 4.78 is 0. The summed E-state index contributed by atoms with van der Waals surface area (Å²) in [4.78, 5) is 1.46. The van der Waals surface area contributed by atoms with Crippen LogP contribution in [-0.4, -0.2) is 25.7 Å². The molecule has 2 nitrogen and oxygen atoms in total. The topological polar surface area (TPSA) is 24.7 Å². The highest BCUT2D eigenvalue weighted by molar-refractivity contribution is 5.35. The number of rotatable bonds is 5. The number of hydrogen-bond acceptors (Lipinski definition) is 1. The van der Waals surface area contributed by atoms with Crippen molar-refractivity contribution in [2.24, 2.45) is 0 Å². The van der Waals surface area contributed by atoms with E-state index in [0.717, 1.165) is 13.0 Å². The van der Waals surface area contributed by atoms with Gasteiger partial charge in [0, 0.05) is 12.3 Å². The molecule has 2 aromatic rings. The molecule has 3 heteroatoms. The maximum absolute atomic E-state index is 9.42. The number of aromatic hydroxyl groups is 1. The first kappa shape index (κ1) is 16.5. The molecule has 0 aromatic heterocycles. The average Bonchev–Trinajstić information content (AvgIpc) is 2.42. The highest BCUT2D eigenvalue weighted by atomic mass is 35.5. The van der Waals surface area contributed by atoms with Crippen LogP contribution in [-0.2, 0) is 0 Å². The molecule has 2 N–H and O–H groups in total. The van der Waals surface area contributed by atoms with E-state index in [9.17, 15) is 5.11 Å². The van der Waals surface area contributed by atoms with Crippen molar-refractivity contribution >= 4 is 0 Å². The van der Waals surface area contributed by atoms with Crippen molar-refractivity contribution in [2.75, 3.05) is 20.6 Å². The monoisotopic (exact) mass is 291 g/mol. The van der Waals surface area contributed by atoms with Crippen LogP contribution < -0.4 is 17.3 Å². The molecule has 1 unspecified atom stereocenters. The minimum absolute atomic E-state index is 0. The van der Waals surface area contributed by atoms with Crippen LogP contribution in [0.3, 0.4) is 0 Å². The molecular formula is C17H22ClNO. The van der Waals surface area contributed by atoms with E-state index >= 15 is 0 Å². The highest BCUT2D eigenvalue weighted by Crippen LogP contribution is 2.28. The third-order valence-corrected chi connectivity index (χ3v) is 3.43. The van der Waals surface area contributed by atoms with Gasteiger partial charge in [-0.2, -0.15) is 0 Å². The summed E-state index contributed by atoms with van der Waals surface area (Å²) in [6.07, 6.45) is 1.11. The predicted molar refractivity (Wildman–Crippen MR) is 78.7 cm³/mol. The van der Waals surface area contributed by atoms with Gasteiger partial charge in [0.25, 0.3) is 0 Å². The number of benzene rings is 2. The Bertz CT molecular complexity index is 496. The summed E-state index contributed by atoms with van der Waals surface area (Å²) in [5, 5.41) is 9.42. The van der Waals surface area contributed by atoms with Gasteiger partial charge in [-0.05, 0) is 23.3 Å². The second kappa shape index (κ2) is 7.93. The summed E-state index contributed by atoms with van der Waals surface area (Å²) in [5.41, 5.74) is 2.61. The van der Waals surface area contributed by atoms with E-state index in [1.54, 1.807) is 12.1 Å². The molecule has 108 valence electrons. The minimum atomic E-state index is 0. The third kappa shape index (κ3) is 4.55. The first-order valence-corrected chi connectivity index (χ1v) is 6.79. The second-order valence-electron chi connectivity index (χ2n) is 5.30. The van der Waals surface area contributed by atoms with E-state index in [2.05, 4.69) is 44.4 Å². The minimum Gasteiger partial charge on any atom is -1.00 e. The summed E-state index contributed by atoms with van der Waals surface area (Å²) in [5.74, 6) is 0.727. The molecule has 20 heavy (non-hydrogen) atoms. The number of hydrogen-bond donors (Lipinski definition) is 2. The van der Waals surface area contributed by atoms with E-state index in [0.29, 0.717) is 11.7 Å². The van der Waals surface area contributed by atoms with Crippen LogP contribution >= 0.6 is 0 Å². The maximum atomic E-state index is 9.42. The van der Waals surface area contributed by atoms with E-state index < -0.39 is 0 Å². The summed E-state index contributed by atoms with van der Waals surface area (Å²) in [6.45, 7) is 1.13. The van der Waals surface area contributed by atoms with Gasteiger partial charge in [-0.3, -0.25) is 0 Å². The lowest BCUT2D eigenvalue weighted by molar-refractivity contribution is -0.858. The molecule has 1 atom stereocenters. The van der Waals surface area contributed by atoms with Crippen molar-refractivity contribution in [1.82, 2.24) is 0 Å². The van der Waals surface area contributed by atoms with Gasteiger partial charge in [0.15, 0.2) is 0 Å². The lowest BCUT2D eigenvalue weighted by Gasteiger charge is -2.19. The van der Waals surface area contributed by atoms with Gasteiger partial charge >= 0.3 is 0 Å². The first-order valence-electron chi connectivity index (χ1n) is 6.79. The Kier molecular flexibility index (Phi) is 6.56. The zero-order valence-corrected chi connectivity index (χ0v) is 12.8. The van der Waals surface area contributed by atoms with Crippen molar-refractivity contribution in [3.8, 4) is 5.75 Å². The van der Waals surface area contributed by atoms with Crippen molar-refractivity contribution in [1.29, 1.82) is 0 Å². The SMILES string of the molecule is C[NH+](C)CCC(c1ccccc1)c1ccc(O)cc1.[Cl-]. The van der Waals surface area contributed by atoms with Crippen LogP contribution in [0.2, 0.25) is 0 Å². The van der Waals surface area contributed by atoms with Crippen LogP contribution in [0.5, 0.6) is 5.75 Å². The van der Waals surface area contributed by atoms with Crippen molar-refractivity contribution in [2.45, 2.75) is 12.3 Å². The Morgan fingerprint density at radius 1 is 0.900 bits per heavy atom. The van der Waals surface area contributed by atoms with Crippen molar-refractivity contribution in [3.05, 3.63) is 65.7 Å². The fraction of sp³-hybridized carbons (Fsp3) is 0.294. The highest BCUT2D eigenvalue weighted by Gasteiger charge is 2.15. The third-order valence-electron chi connectivity index (χ3n) is 3.43. The van der Waals surface area contributed by atoms with Gasteiger partial charge in [-0.1, -0.05) is 42.5 Å². The van der Waals surface area contributed by atoms with E-state index in [1.165, 1.54) is 16.0 Å². The van der Waals surface area contributed by atoms with Gasteiger partial charge in [-0.25, -0.2) is 0 Å². The summed E-state index contributed by atoms with van der Waals surface area (Å²) >= 11 is 0. The molecular weight excluding hydrogens is 270 g/mol. The summed E-state index contributed by atoms with van der Waals surface area (Å²) in [6, 6.07) is 18.2. The molecule has 0 bridgehead atoms. The van der Waals surface area contributed by atoms with Gasteiger partial charge in [0.05, 0.1) is 20.6 Å². The number of halogens is 1. The van der Waals surface area contributed by atoms with Gasteiger partial charge in [0.2, 0.25) is 0 Å². The molecule has 0 aliphatic rings. The fourth-order valence-electron chi connectivity index (χ4n) is 2.35. The van der Waals surface area contributed by atoms with E-state index in [-0.39, 0.29) is 12.4 Å². The molecule has 0 amide bonds. The molecule has 0 saturated heterocycles. The van der Waals surface area contributed by atoms with Crippen LogP contribution in [0.4, 0.5) is 0 Å². The Morgan fingerprint density at radius 3 is 2.00 bits per heavy atom. The fourth-order valence-corrected chi connectivity index (χ4v) is 2.35. The second-order valence-corrected chi connectivity index (χ2v) is 5.30. The lowest BCUT2D eigenvalue weighted by atomic mass is 9.88. The number of phenolic OH excluding ortho intramolecular Hbond substituents is 1. The molecule has 2 aromatic carbocycles. The van der Waals surface area contributed by atoms with Crippen molar-refractivity contribution < 1.29 is 22.4 Å². The van der Waals surface area contributed by atoms with E-state index in [1.807, 2.05) is 12.1 Å². The normalized spacial score (nSPS) is 11.9. The number of nitrogens with one attached hydrogen (secondary N) is 1. The number of quaternary nitrogens is 1. The quantitative estimate of drug-likeness (QED) is 0.731. The smallest absolute Gasteiger partial charge is 0.115 e. The van der Waals surface area contributed by atoms with Gasteiger partial charge < -0.3 is 22.4 Å². The molecule has 0 aliphatic heterocycles. The van der Waals surface area contributed by atoms with Crippen LogP contribution in [0, 0.1) is 0 Å². The first-order chi connectivity index (χ1) is 9.16. The molecule has 0 spiro atoms.